The van der Waals surface area contributed by atoms with Crippen LogP contribution in [0.1, 0.15) is 5.56 Å². The average molecular weight is 377 g/mol. The molecule has 2 rings (SSSR count). The highest BCUT2D eigenvalue weighted by Gasteiger charge is 2.22. The highest BCUT2D eigenvalue weighted by atomic mass is 79.9. The summed E-state index contributed by atoms with van der Waals surface area (Å²) in [6, 6.07) is 6.30. The van der Waals surface area contributed by atoms with Crippen molar-refractivity contribution in [1.29, 1.82) is 0 Å². The van der Waals surface area contributed by atoms with Gasteiger partial charge in [0.05, 0.1) is 5.69 Å². The minimum Gasteiger partial charge on any atom is -0.398 e. The van der Waals surface area contributed by atoms with Crippen molar-refractivity contribution >= 4 is 37.3 Å². The van der Waals surface area contributed by atoms with Crippen LogP contribution in [0.4, 0.5) is 20.2 Å². The second-order valence-electron chi connectivity index (χ2n) is 4.34. The molecule has 0 radical (unpaired) electrons. The van der Waals surface area contributed by atoms with Crippen LogP contribution in [0.15, 0.2) is 39.7 Å². The van der Waals surface area contributed by atoms with Gasteiger partial charge < -0.3 is 5.73 Å². The molecule has 0 saturated carbocycles. The van der Waals surface area contributed by atoms with Gasteiger partial charge in [0, 0.05) is 4.47 Å². The minimum atomic E-state index is -4.20. The Balaban J connectivity index is 2.50. The number of aryl methyl sites for hydroxylation is 1. The molecule has 0 aromatic heterocycles. The van der Waals surface area contributed by atoms with E-state index in [0.717, 1.165) is 6.07 Å². The van der Waals surface area contributed by atoms with Gasteiger partial charge in [-0.3, -0.25) is 4.72 Å². The monoisotopic (exact) mass is 376 g/mol. The average Bonchev–Trinajstić information content (AvgIpc) is 2.39. The first-order chi connectivity index (χ1) is 9.72. The Labute approximate surface area is 129 Å². The summed E-state index contributed by atoms with van der Waals surface area (Å²) in [7, 11) is -4.20. The van der Waals surface area contributed by atoms with Crippen LogP contribution in [0.25, 0.3) is 0 Å². The lowest BCUT2D eigenvalue weighted by Crippen LogP contribution is -2.17. The van der Waals surface area contributed by atoms with E-state index in [0.29, 0.717) is 4.47 Å². The summed E-state index contributed by atoms with van der Waals surface area (Å²) in [5, 5.41) is 0. The lowest BCUT2D eigenvalue weighted by atomic mass is 10.2. The fourth-order valence-electron chi connectivity index (χ4n) is 1.70. The molecule has 4 nitrogen and oxygen atoms in total. The number of hydrogen-bond acceptors (Lipinski definition) is 3. The lowest BCUT2D eigenvalue weighted by Gasteiger charge is -2.12. The van der Waals surface area contributed by atoms with Gasteiger partial charge in [-0.15, -0.1) is 0 Å². The number of benzene rings is 2. The summed E-state index contributed by atoms with van der Waals surface area (Å²) < 4.78 is 54.4. The molecule has 8 heteroatoms. The summed E-state index contributed by atoms with van der Waals surface area (Å²) in [6.07, 6.45) is 0. The van der Waals surface area contributed by atoms with Crippen LogP contribution in [0, 0.1) is 18.6 Å². The molecular weight excluding hydrogens is 366 g/mol. The largest absolute Gasteiger partial charge is 0.398 e. The number of halogens is 3. The number of nitrogen functional groups attached to an aromatic ring is 1. The van der Waals surface area contributed by atoms with Crippen molar-refractivity contribution in [1.82, 2.24) is 0 Å². The Hall–Kier alpha value is -1.67. The Morgan fingerprint density at radius 3 is 2.48 bits per heavy atom. The zero-order valence-corrected chi connectivity index (χ0v) is 13.2. The van der Waals surface area contributed by atoms with Crippen LogP contribution in [0.3, 0.4) is 0 Å². The van der Waals surface area contributed by atoms with Gasteiger partial charge in [-0.05, 0) is 36.8 Å². The first kappa shape index (κ1) is 15.7. The number of sulfonamides is 1. The highest BCUT2D eigenvalue weighted by Crippen LogP contribution is 2.28. The highest BCUT2D eigenvalue weighted by molar-refractivity contribution is 9.10. The van der Waals surface area contributed by atoms with Gasteiger partial charge in [0.1, 0.15) is 16.4 Å². The van der Waals surface area contributed by atoms with Crippen molar-refractivity contribution in [3.63, 3.8) is 0 Å². The Morgan fingerprint density at radius 1 is 1.19 bits per heavy atom. The normalized spacial score (nSPS) is 11.4. The van der Waals surface area contributed by atoms with Crippen LogP contribution in [0.5, 0.6) is 0 Å². The zero-order valence-electron chi connectivity index (χ0n) is 10.8. The Kier molecular flexibility index (Phi) is 4.20. The van der Waals surface area contributed by atoms with Crippen molar-refractivity contribution in [2.24, 2.45) is 0 Å². The number of nitrogens with two attached hydrogens (primary N) is 1. The fourth-order valence-corrected chi connectivity index (χ4v) is 3.26. The minimum absolute atomic E-state index is 0.0367. The predicted molar refractivity (Wildman–Crippen MR) is 80.5 cm³/mol. The molecule has 0 heterocycles. The second kappa shape index (κ2) is 5.61. The standard InChI is InChI=1S/C13H11BrF2N2O2S/c1-7-2-4-9(15)13(12(7)16)18-21(19,20)11-5-3-8(14)6-10(11)17/h2-6,18H,17H2,1H3. The molecule has 0 bridgehead atoms. The third-order valence-electron chi connectivity index (χ3n) is 2.78. The fraction of sp³-hybridized carbons (Fsp3) is 0.0769. The summed E-state index contributed by atoms with van der Waals surface area (Å²) in [4.78, 5) is -0.258. The lowest BCUT2D eigenvalue weighted by molar-refractivity contribution is 0.579. The van der Waals surface area contributed by atoms with Crippen molar-refractivity contribution in [2.75, 3.05) is 10.5 Å². The molecule has 2 aromatic rings. The van der Waals surface area contributed by atoms with E-state index >= 15 is 0 Å². The van der Waals surface area contributed by atoms with Crippen LogP contribution in [-0.4, -0.2) is 8.42 Å². The van der Waals surface area contributed by atoms with Gasteiger partial charge >= 0.3 is 0 Å². The predicted octanol–water partition coefficient (Wildman–Crippen LogP) is 3.42. The molecule has 21 heavy (non-hydrogen) atoms. The molecule has 0 atom stereocenters. The summed E-state index contributed by atoms with van der Waals surface area (Å²) in [5.74, 6) is -1.97. The molecule has 0 aliphatic carbocycles. The summed E-state index contributed by atoms with van der Waals surface area (Å²) >= 11 is 3.15. The van der Waals surface area contributed by atoms with Gasteiger partial charge in [0.2, 0.25) is 0 Å². The van der Waals surface area contributed by atoms with E-state index in [1.165, 1.54) is 31.2 Å². The maximum Gasteiger partial charge on any atom is 0.264 e. The maximum absolute atomic E-state index is 13.9. The Bertz CT molecular complexity index is 810. The summed E-state index contributed by atoms with van der Waals surface area (Å²) in [5.41, 5.74) is 4.99. The number of rotatable bonds is 3. The first-order valence-electron chi connectivity index (χ1n) is 5.75. The van der Waals surface area contributed by atoms with Crippen LogP contribution in [0.2, 0.25) is 0 Å². The molecule has 3 N–H and O–H groups in total. The van der Waals surface area contributed by atoms with Crippen molar-refractivity contribution in [3.05, 3.63) is 52.0 Å². The molecule has 0 aliphatic rings. The van der Waals surface area contributed by atoms with Crippen molar-refractivity contribution in [2.45, 2.75) is 11.8 Å². The summed E-state index contributed by atoms with van der Waals surface area (Å²) in [6.45, 7) is 1.40. The number of anilines is 2. The molecule has 112 valence electrons. The van der Waals surface area contributed by atoms with E-state index in [1.807, 2.05) is 4.72 Å². The van der Waals surface area contributed by atoms with E-state index in [-0.39, 0.29) is 16.1 Å². The molecule has 0 aliphatic heterocycles. The third kappa shape index (κ3) is 3.16. The molecule has 0 unspecified atom stereocenters. The van der Waals surface area contributed by atoms with Gasteiger partial charge in [0.15, 0.2) is 5.82 Å². The quantitative estimate of drug-likeness (QED) is 0.806. The number of nitrogens with one attached hydrogen (secondary N) is 1. The smallest absolute Gasteiger partial charge is 0.264 e. The van der Waals surface area contributed by atoms with Crippen LogP contribution in [-0.2, 0) is 10.0 Å². The molecule has 2 aromatic carbocycles. The van der Waals surface area contributed by atoms with Gasteiger partial charge in [-0.2, -0.15) is 0 Å². The van der Waals surface area contributed by atoms with Crippen LogP contribution >= 0.6 is 15.9 Å². The SMILES string of the molecule is Cc1ccc(F)c(NS(=O)(=O)c2ccc(Br)cc2N)c1F. The van der Waals surface area contributed by atoms with Crippen molar-refractivity contribution < 1.29 is 17.2 Å². The van der Waals surface area contributed by atoms with E-state index in [1.54, 1.807) is 0 Å². The van der Waals surface area contributed by atoms with Crippen LogP contribution < -0.4 is 10.5 Å². The Morgan fingerprint density at radius 2 is 1.86 bits per heavy atom. The first-order valence-corrected chi connectivity index (χ1v) is 8.02. The third-order valence-corrected chi connectivity index (χ3v) is 4.70. The number of hydrogen-bond donors (Lipinski definition) is 2. The van der Waals surface area contributed by atoms with Gasteiger partial charge in [0.25, 0.3) is 10.0 Å². The molecule has 0 spiro atoms. The molecular formula is C13H11BrF2N2O2S. The zero-order chi connectivity index (χ0) is 15.8. The molecule has 0 fully saturated rings. The van der Waals surface area contributed by atoms with Crippen molar-refractivity contribution in [3.8, 4) is 0 Å². The van der Waals surface area contributed by atoms with E-state index in [4.69, 9.17) is 5.73 Å². The second-order valence-corrected chi connectivity index (χ2v) is 6.91. The molecule has 0 amide bonds. The van der Waals surface area contributed by atoms with E-state index in [2.05, 4.69) is 15.9 Å². The van der Waals surface area contributed by atoms with Gasteiger partial charge in [-0.25, -0.2) is 17.2 Å². The maximum atomic E-state index is 13.9. The molecule has 0 saturated heterocycles. The van der Waals surface area contributed by atoms with E-state index < -0.39 is 27.3 Å². The topological polar surface area (TPSA) is 72.2 Å². The van der Waals surface area contributed by atoms with Gasteiger partial charge in [-0.1, -0.05) is 22.0 Å². The van der Waals surface area contributed by atoms with E-state index in [9.17, 15) is 17.2 Å².